The zero-order chi connectivity index (χ0) is 15.0. The van der Waals surface area contributed by atoms with Crippen molar-refractivity contribution in [2.24, 2.45) is 11.3 Å². The van der Waals surface area contributed by atoms with E-state index in [2.05, 4.69) is 28.1 Å². The van der Waals surface area contributed by atoms with Gasteiger partial charge in [-0.2, -0.15) is 0 Å². The van der Waals surface area contributed by atoms with Crippen LogP contribution in [0.15, 0.2) is 41.8 Å². The highest BCUT2D eigenvalue weighted by molar-refractivity contribution is 7.13. The smallest absolute Gasteiger partial charge is 0.228 e. The van der Waals surface area contributed by atoms with Crippen LogP contribution in [0.1, 0.15) is 19.3 Å². The van der Waals surface area contributed by atoms with E-state index in [9.17, 15) is 4.79 Å². The van der Waals surface area contributed by atoms with Crippen molar-refractivity contribution in [3.63, 3.8) is 0 Å². The van der Waals surface area contributed by atoms with Gasteiger partial charge < -0.3 is 10.6 Å². The zero-order valence-corrected chi connectivity index (χ0v) is 13.3. The van der Waals surface area contributed by atoms with Gasteiger partial charge in [0.25, 0.3) is 0 Å². The largest absolute Gasteiger partial charge is 0.325 e. The zero-order valence-electron chi connectivity index (χ0n) is 12.5. The number of amides is 1. The van der Waals surface area contributed by atoms with Crippen molar-refractivity contribution >= 4 is 22.9 Å². The second kappa shape index (κ2) is 5.52. The van der Waals surface area contributed by atoms with E-state index in [0.717, 1.165) is 43.6 Å². The molecule has 2 aliphatic rings. The van der Waals surface area contributed by atoms with Gasteiger partial charge in [-0.05, 0) is 55.3 Å². The highest BCUT2D eigenvalue weighted by Crippen LogP contribution is 2.58. The molecule has 0 bridgehead atoms. The van der Waals surface area contributed by atoms with Crippen LogP contribution in [-0.2, 0) is 4.79 Å². The van der Waals surface area contributed by atoms with Gasteiger partial charge in [0.2, 0.25) is 5.91 Å². The number of anilines is 1. The van der Waals surface area contributed by atoms with E-state index in [1.54, 1.807) is 11.3 Å². The average Bonchev–Trinajstić information content (AvgIpc) is 2.99. The minimum atomic E-state index is 0.200. The molecular formula is C18H20N2OS. The molecule has 2 aromatic rings. The van der Waals surface area contributed by atoms with Crippen molar-refractivity contribution in [2.45, 2.75) is 19.3 Å². The normalized spacial score (nSPS) is 22.5. The van der Waals surface area contributed by atoms with Gasteiger partial charge in [0.05, 0.1) is 0 Å². The van der Waals surface area contributed by atoms with Gasteiger partial charge in [0, 0.05) is 22.0 Å². The fourth-order valence-electron chi connectivity index (χ4n) is 3.65. The van der Waals surface area contributed by atoms with Gasteiger partial charge >= 0.3 is 0 Å². The summed E-state index contributed by atoms with van der Waals surface area (Å²) >= 11 is 1.70. The molecule has 2 fully saturated rings. The van der Waals surface area contributed by atoms with Gasteiger partial charge in [0.15, 0.2) is 0 Å². The molecule has 4 rings (SSSR count). The number of rotatable bonds is 3. The SMILES string of the molecule is O=C(Nc1ccccc1-c1cccs1)C1CC12CCNCC2. The maximum Gasteiger partial charge on any atom is 0.228 e. The van der Waals surface area contributed by atoms with E-state index < -0.39 is 0 Å². The van der Waals surface area contributed by atoms with Gasteiger partial charge in [-0.15, -0.1) is 11.3 Å². The van der Waals surface area contributed by atoms with Gasteiger partial charge in [-0.25, -0.2) is 0 Å². The first-order chi connectivity index (χ1) is 10.8. The summed E-state index contributed by atoms with van der Waals surface area (Å²) in [7, 11) is 0. The lowest BCUT2D eigenvalue weighted by Gasteiger charge is -2.23. The topological polar surface area (TPSA) is 41.1 Å². The summed E-state index contributed by atoms with van der Waals surface area (Å²) in [5.41, 5.74) is 2.34. The molecule has 2 heterocycles. The molecule has 3 nitrogen and oxygen atoms in total. The van der Waals surface area contributed by atoms with E-state index in [0.29, 0.717) is 0 Å². The first kappa shape index (κ1) is 14.0. The van der Waals surface area contributed by atoms with Crippen LogP contribution in [0.5, 0.6) is 0 Å². The summed E-state index contributed by atoms with van der Waals surface area (Å²) in [6, 6.07) is 12.2. The van der Waals surface area contributed by atoms with Crippen LogP contribution in [0, 0.1) is 11.3 Å². The standard InChI is InChI=1S/C18H20N2OS/c21-17(14-12-18(14)7-9-19-10-8-18)20-15-5-2-1-4-13(15)16-6-3-11-22-16/h1-6,11,14,19H,7-10,12H2,(H,20,21). The van der Waals surface area contributed by atoms with Crippen molar-refractivity contribution < 1.29 is 4.79 Å². The molecule has 114 valence electrons. The molecule has 1 saturated heterocycles. The van der Waals surface area contributed by atoms with Crippen LogP contribution >= 0.6 is 11.3 Å². The third-order valence-electron chi connectivity index (χ3n) is 5.08. The fourth-order valence-corrected chi connectivity index (χ4v) is 4.42. The number of hydrogen-bond donors (Lipinski definition) is 2. The first-order valence-electron chi connectivity index (χ1n) is 7.93. The molecule has 1 amide bonds. The Morgan fingerprint density at radius 3 is 2.77 bits per heavy atom. The molecule has 1 unspecified atom stereocenters. The number of nitrogens with one attached hydrogen (secondary N) is 2. The molecule has 1 aliphatic heterocycles. The molecule has 1 aromatic carbocycles. The number of carbonyl (C=O) groups excluding carboxylic acids is 1. The van der Waals surface area contributed by atoms with Crippen LogP contribution in [0.4, 0.5) is 5.69 Å². The Labute approximate surface area is 134 Å². The van der Waals surface area contributed by atoms with E-state index in [4.69, 9.17) is 0 Å². The molecule has 22 heavy (non-hydrogen) atoms. The Morgan fingerprint density at radius 1 is 1.18 bits per heavy atom. The monoisotopic (exact) mass is 312 g/mol. The molecule has 1 spiro atoms. The number of hydrogen-bond acceptors (Lipinski definition) is 3. The minimum absolute atomic E-state index is 0.200. The summed E-state index contributed by atoms with van der Waals surface area (Å²) < 4.78 is 0. The van der Waals surface area contributed by atoms with Crippen LogP contribution in [0.25, 0.3) is 10.4 Å². The molecule has 4 heteroatoms. The maximum atomic E-state index is 12.6. The quantitative estimate of drug-likeness (QED) is 0.906. The molecule has 1 atom stereocenters. The predicted molar refractivity (Wildman–Crippen MR) is 91.0 cm³/mol. The number of para-hydroxylation sites is 1. The molecular weight excluding hydrogens is 292 g/mol. The number of thiophene rings is 1. The predicted octanol–water partition coefficient (Wildman–Crippen LogP) is 3.74. The molecule has 0 radical (unpaired) electrons. The molecule has 1 aromatic heterocycles. The average molecular weight is 312 g/mol. The van der Waals surface area contributed by atoms with Crippen molar-refractivity contribution in [1.29, 1.82) is 0 Å². The van der Waals surface area contributed by atoms with E-state index >= 15 is 0 Å². The minimum Gasteiger partial charge on any atom is -0.325 e. The van der Waals surface area contributed by atoms with Gasteiger partial charge in [0.1, 0.15) is 0 Å². The highest BCUT2D eigenvalue weighted by atomic mass is 32.1. The summed E-state index contributed by atoms with van der Waals surface area (Å²) in [5.74, 6) is 0.400. The van der Waals surface area contributed by atoms with E-state index in [-0.39, 0.29) is 17.2 Å². The Balaban J connectivity index is 1.51. The molecule has 2 N–H and O–H groups in total. The Morgan fingerprint density at radius 2 is 2.00 bits per heavy atom. The van der Waals surface area contributed by atoms with Crippen molar-refractivity contribution in [3.05, 3.63) is 41.8 Å². The van der Waals surface area contributed by atoms with Crippen LogP contribution in [0.2, 0.25) is 0 Å². The summed E-state index contributed by atoms with van der Waals surface area (Å²) in [5, 5.41) is 8.63. The summed E-state index contributed by atoms with van der Waals surface area (Å²) in [6.45, 7) is 2.10. The highest BCUT2D eigenvalue weighted by Gasteiger charge is 2.57. The molecule has 1 aliphatic carbocycles. The third-order valence-corrected chi connectivity index (χ3v) is 5.98. The Kier molecular flexibility index (Phi) is 3.51. The van der Waals surface area contributed by atoms with Crippen molar-refractivity contribution in [1.82, 2.24) is 5.32 Å². The lowest BCUT2D eigenvalue weighted by atomic mass is 9.91. The summed E-state index contributed by atoms with van der Waals surface area (Å²) in [4.78, 5) is 13.8. The Bertz CT molecular complexity index is 674. The third kappa shape index (κ3) is 2.46. The Hall–Kier alpha value is -1.65. The van der Waals surface area contributed by atoms with Gasteiger partial charge in [-0.3, -0.25) is 4.79 Å². The van der Waals surface area contributed by atoms with Crippen LogP contribution in [0.3, 0.4) is 0 Å². The van der Waals surface area contributed by atoms with Crippen molar-refractivity contribution in [2.75, 3.05) is 18.4 Å². The second-order valence-corrected chi connectivity index (χ2v) is 7.33. The lowest BCUT2D eigenvalue weighted by Crippen LogP contribution is -2.31. The lowest BCUT2D eigenvalue weighted by molar-refractivity contribution is -0.118. The second-order valence-electron chi connectivity index (χ2n) is 6.38. The summed E-state index contributed by atoms with van der Waals surface area (Å²) in [6.07, 6.45) is 3.33. The number of carbonyl (C=O) groups is 1. The fraction of sp³-hybridized carbons (Fsp3) is 0.389. The van der Waals surface area contributed by atoms with E-state index in [1.807, 2.05) is 24.3 Å². The van der Waals surface area contributed by atoms with Crippen LogP contribution in [-0.4, -0.2) is 19.0 Å². The van der Waals surface area contributed by atoms with Crippen LogP contribution < -0.4 is 10.6 Å². The van der Waals surface area contributed by atoms with Crippen molar-refractivity contribution in [3.8, 4) is 10.4 Å². The first-order valence-corrected chi connectivity index (χ1v) is 8.81. The van der Waals surface area contributed by atoms with Gasteiger partial charge in [-0.1, -0.05) is 24.3 Å². The maximum absolute atomic E-state index is 12.6. The number of benzene rings is 1. The molecule has 1 saturated carbocycles. The number of piperidine rings is 1. The van der Waals surface area contributed by atoms with E-state index in [1.165, 1.54) is 4.88 Å².